The van der Waals surface area contributed by atoms with Gasteiger partial charge in [-0.25, -0.2) is 0 Å². The van der Waals surface area contributed by atoms with E-state index < -0.39 is 0 Å². The van der Waals surface area contributed by atoms with Crippen LogP contribution in [-0.4, -0.2) is 0 Å². The predicted molar refractivity (Wildman–Crippen MR) is 122 cm³/mol. The zero-order valence-corrected chi connectivity index (χ0v) is 19.4. The Labute approximate surface area is 204 Å². The molecule has 32 heavy (non-hydrogen) atoms. The van der Waals surface area contributed by atoms with Gasteiger partial charge >= 0.3 is 21.7 Å². The van der Waals surface area contributed by atoms with Crippen LogP contribution in [0.4, 0.5) is 0 Å². The number of benzene rings is 4. The van der Waals surface area contributed by atoms with Crippen molar-refractivity contribution in [1.82, 2.24) is 0 Å². The Morgan fingerprint density at radius 1 is 0.500 bits per heavy atom. The summed E-state index contributed by atoms with van der Waals surface area (Å²) in [5.74, 6) is 0.215. The Balaban J connectivity index is 0.000000214. The third kappa shape index (κ3) is 10.6. The summed E-state index contributed by atoms with van der Waals surface area (Å²) in [6.45, 7) is 2.14. The fraction of sp³-hybridized carbons (Fsp3) is 0.0357. The van der Waals surface area contributed by atoms with Crippen molar-refractivity contribution < 1.29 is 37.0 Å². The average Bonchev–Trinajstić information content (AvgIpc) is 3.27. The van der Waals surface area contributed by atoms with Crippen LogP contribution in [0.3, 0.4) is 0 Å². The maximum atomic E-state index is 10.3. The first kappa shape index (κ1) is 26.6. The summed E-state index contributed by atoms with van der Waals surface area (Å²) in [6.07, 6.45) is 0. The van der Waals surface area contributed by atoms with Crippen LogP contribution in [0.15, 0.2) is 127 Å². The molecule has 0 aliphatic rings. The molecule has 5 aromatic rings. The summed E-state index contributed by atoms with van der Waals surface area (Å²) in [5.41, 5.74) is 1.36. The average molecular weight is 456 g/mol. The molecule has 0 heterocycles. The largest absolute Gasteiger partial charge is 4.00 e. The van der Waals surface area contributed by atoms with Gasteiger partial charge in [-0.3, -0.25) is 0 Å². The standard InChI is InChI=1S/C10H9.3C6H6O.Ti/c1-8-4-2-5-9-6-3-7-10(8)9;3*7-6-4-2-1-3-5-6;/h2-7H,1H3;3*1-5,7H;/q-1;;;;+4/p-3. The van der Waals surface area contributed by atoms with Gasteiger partial charge in [0.25, 0.3) is 0 Å². The van der Waals surface area contributed by atoms with E-state index in [4.69, 9.17) is 0 Å². The smallest absolute Gasteiger partial charge is 0.872 e. The minimum Gasteiger partial charge on any atom is -0.872 e. The summed E-state index contributed by atoms with van der Waals surface area (Å²) in [6, 6.07) is 37.7. The Bertz CT molecular complexity index is 1020. The second-order valence-electron chi connectivity index (χ2n) is 6.54. The van der Waals surface area contributed by atoms with E-state index in [1.54, 1.807) is 36.4 Å². The van der Waals surface area contributed by atoms with Gasteiger partial charge in [-0.15, -0.1) is 46.2 Å². The Hall–Kier alpha value is -3.40. The number of hydrogen-bond acceptors (Lipinski definition) is 3. The first-order valence-corrected chi connectivity index (χ1v) is 9.83. The first-order valence-electron chi connectivity index (χ1n) is 9.83. The van der Waals surface area contributed by atoms with Crippen molar-refractivity contribution in [2.45, 2.75) is 6.92 Å². The van der Waals surface area contributed by atoms with E-state index in [9.17, 15) is 15.3 Å². The van der Waals surface area contributed by atoms with Gasteiger partial charge in [-0.1, -0.05) is 103 Å². The van der Waals surface area contributed by atoms with E-state index in [-0.39, 0.29) is 39.0 Å². The van der Waals surface area contributed by atoms with Gasteiger partial charge in [-0.05, 0) is 6.92 Å². The summed E-state index contributed by atoms with van der Waals surface area (Å²) in [4.78, 5) is 0. The molecule has 0 unspecified atom stereocenters. The van der Waals surface area contributed by atoms with Crippen LogP contribution in [0, 0.1) is 6.92 Å². The molecule has 5 rings (SSSR count). The number of rotatable bonds is 0. The van der Waals surface area contributed by atoms with Gasteiger partial charge in [0.2, 0.25) is 0 Å². The summed E-state index contributed by atoms with van der Waals surface area (Å²) < 4.78 is 0. The van der Waals surface area contributed by atoms with Crippen LogP contribution in [0.1, 0.15) is 5.56 Å². The molecule has 0 atom stereocenters. The molecular formula is C28H24O3Ti. The molecular weight excluding hydrogens is 432 g/mol. The molecule has 0 fully saturated rings. The van der Waals surface area contributed by atoms with Crippen molar-refractivity contribution in [2.24, 2.45) is 0 Å². The summed E-state index contributed by atoms with van der Waals surface area (Å²) in [5, 5.41) is 33.5. The Morgan fingerprint density at radius 2 is 0.906 bits per heavy atom. The molecule has 0 aliphatic carbocycles. The van der Waals surface area contributed by atoms with Crippen molar-refractivity contribution >= 4 is 10.8 Å². The van der Waals surface area contributed by atoms with Crippen LogP contribution in [0.5, 0.6) is 17.2 Å². The summed E-state index contributed by atoms with van der Waals surface area (Å²) in [7, 11) is 0. The molecule has 0 aliphatic heterocycles. The topological polar surface area (TPSA) is 69.2 Å². The van der Waals surface area contributed by atoms with Crippen molar-refractivity contribution in [2.75, 3.05) is 0 Å². The molecule has 0 N–H and O–H groups in total. The van der Waals surface area contributed by atoms with E-state index in [1.165, 1.54) is 52.7 Å². The van der Waals surface area contributed by atoms with Gasteiger partial charge in [0, 0.05) is 0 Å². The van der Waals surface area contributed by atoms with Crippen molar-refractivity contribution in [3.8, 4) is 17.2 Å². The van der Waals surface area contributed by atoms with Crippen molar-refractivity contribution in [3.63, 3.8) is 0 Å². The SMILES string of the molecule is Cc1cccc2[cH-]ccc12.[O-]c1ccccc1.[O-]c1ccccc1.[O-]c1ccccc1.[Ti+4]. The number of fused-ring (bicyclic) bond motifs is 1. The van der Waals surface area contributed by atoms with Gasteiger partial charge < -0.3 is 15.3 Å². The van der Waals surface area contributed by atoms with Gasteiger partial charge in [0.05, 0.1) is 0 Å². The molecule has 0 bridgehead atoms. The van der Waals surface area contributed by atoms with E-state index in [0.717, 1.165) is 0 Å². The van der Waals surface area contributed by atoms with E-state index >= 15 is 0 Å². The Morgan fingerprint density at radius 3 is 1.22 bits per heavy atom. The third-order valence-electron chi connectivity index (χ3n) is 4.13. The second-order valence-corrected chi connectivity index (χ2v) is 6.54. The summed E-state index contributed by atoms with van der Waals surface area (Å²) >= 11 is 0. The molecule has 4 heteroatoms. The maximum absolute atomic E-state index is 10.3. The molecule has 0 saturated heterocycles. The van der Waals surface area contributed by atoms with E-state index in [2.05, 4.69) is 43.3 Å². The number of aryl methyl sites for hydroxylation is 1. The second kappa shape index (κ2) is 15.4. The fourth-order valence-electron chi connectivity index (χ4n) is 2.59. The molecule has 158 valence electrons. The zero-order valence-electron chi connectivity index (χ0n) is 17.8. The Kier molecular flexibility index (Phi) is 12.8. The molecule has 0 saturated carbocycles. The van der Waals surface area contributed by atoms with Crippen LogP contribution < -0.4 is 15.3 Å². The molecule has 3 nitrogen and oxygen atoms in total. The van der Waals surface area contributed by atoms with E-state index in [0.29, 0.717) is 0 Å². The monoisotopic (exact) mass is 456 g/mol. The van der Waals surface area contributed by atoms with Gasteiger partial charge in [-0.2, -0.15) is 12.1 Å². The predicted octanol–water partition coefficient (Wildman–Crippen LogP) is 5.15. The number of para-hydroxylation sites is 3. The molecule has 0 aromatic heterocycles. The minimum absolute atomic E-state index is 0. The molecule has 0 radical (unpaired) electrons. The van der Waals surface area contributed by atoms with Crippen molar-refractivity contribution in [1.29, 1.82) is 0 Å². The normalized spacial score (nSPS) is 8.91. The van der Waals surface area contributed by atoms with Gasteiger partial charge in [0.15, 0.2) is 0 Å². The van der Waals surface area contributed by atoms with Crippen molar-refractivity contribution in [3.05, 3.63) is 133 Å². The van der Waals surface area contributed by atoms with Crippen LogP contribution >= 0.6 is 0 Å². The third-order valence-corrected chi connectivity index (χ3v) is 4.13. The number of hydrogen-bond donors (Lipinski definition) is 0. The first-order chi connectivity index (χ1) is 15.1. The molecule has 0 spiro atoms. The molecule has 5 aromatic carbocycles. The molecule has 0 amide bonds. The van der Waals surface area contributed by atoms with Gasteiger partial charge in [0.1, 0.15) is 0 Å². The van der Waals surface area contributed by atoms with Crippen LogP contribution in [-0.2, 0) is 21.7 Å². The zero-order chi connectivity index (χ0) is 22.3. The fourth-order valence-corrected chi connectivity index (χ4v) is 2.59. The van der Waals surface area contributed by atoms with E-state index in [1.807, 2.05) is 18.2 Å². The van der Waals surface area contributed by atoms with Crippen LogP contribution in [0.25, 0.3) is 10.8 Å². The van der Waals surface area contributed by atoms with Crippen LogP contribution in [0.2, 0.25) is 0 Å². The maximum Gasteiger partial charge on any atom is 4.00 e. The quantitative estimate of drug-likeness (QED) is 0.239. The minimum atomic E-state index is 0.